The van der Waals surface area contributed by atoms with E-state index in [2.05, 4.69) is 30.5 Å². The Labute approximate surface area is 161 Å². The van der Waals surface area contributed by atoms with Crippen molar-refractivity contribution in [2.75, 3.05) is 7.11 Å². The second-order valence-corrected chi connectivity index (χ2v) is 12.4. The van der Waals surface area contributed by atoms with Crippen molar-refractivity contribution in [2.45, 2.75) is 37.8 Å². The number of methoxy groups -OCH3 is 1. The van der Waals surface area contributed by atoms with Gasteiger partial charge in [0, 0.05) is 0 Å². The number of amides is 1. The predicted molar refractivity (Wildman–Crippen MR) is 108 cm³/mol. The molecule has 0 heterocycles. The van der Waals surface area contributed by atoms with Crippen molar-refractivity contribution in [2.24, 2.45) is 0 Å². The van der Waals surface area contributed by atoms with E-state index in [4.69, 9.17) is 9.47 Å². The van der Waals surface area contributed by atoms with Crippen LogP contribution in [0.2, 0.25) is 19.1 Å². The molecule has 0 spiro atoms. The number of hydrogen-bond acceptors (Lipinski definition) is 4. The fraction of sp³-hybridized carbons (Fsp3) is 0.333. The maximum atomic E-state index is 12.2. The standard InChI is InChI=1S/C21H27NO4Si/c1-25-20(23)19(16-27(2,3)15-18-12-8-5-9-13-18)22-21(24)26-14-17-10-6-4-7-11-17/h4-13,19H,14-16H2,1-3H3,(H,22,24)/t19-/m0/s1. The number of esters is 1. The molecule has 0 fully saturated rings. The van der Waals surface area contributed by atoms with Crippen molar-refractivity contribution in [1.82, 2.24) is 5.32 Å². The van der Waals surface area contributed by atoms with Crippen LogP contribution in [0.25, 0.3) is 0 Å². The maximum absolute atomic E-state index is 12.2. The van der Waals surface area contributed by atoms with E-state index in [1.54, 1.807) is 0 Å². The molecule has 2 aromatic carbocycles. The molecular weight excluding hydrogens is 358 g/mol. The van der Waals surface area contributed by atoms with Crippen LogP contribution < -0.4 is 5.32 Å². The number of ether oxygens (including phenoxy) is 2. The lowest BCUT2D eigenvalue weighted by atomic mass is 10.2. The molecule has 0 aliphatic carbocycles. The molecule has 1 N–H and O–H groups in total. The lowest BCUT2D eigenvalue weighted by Gasteiger charge is -2.27. The molecule has 144 valence electrons. The van der Waals surface area contributed by atoms with Crippen LogP contribution in [0.15, 0.2) is 60.7 Å². The van der Waals surface area contributed by atoms with Crippen molar-refractivity contribution >= 4 is 20.1 Å². The van der Waals surface area contributed by atoms with Gasteiger partial charge in [0.15, 0.2) is 0 Å². The van der Waals surface area contributed by atoms with Crippen molar-refractivity contribution in [3.8, 4) is 0 Å². The van der Waals surface area contributed by atoms with Crippen molar-refractivity contribution in [3.05, 3.63) is 71.8 Å². The lowest BCUT2D eigenvalue weighted by molar-refractivity contribution is -0.142. The van der Waals surface area contributed by atoms with Gasteiger partial charge in [-0.05, 0) is 17.7 Å². The number of alkyl carbamates (subject to hydrolysis) is 1. The van der Waals surface area contributed by atoms with Crippen LogP contribution in [-0.4, -0.2) is 33.3 Å². The lowest BCUT2D eigenvalue weighted by Crippen LogP contribution is -2.47. The van der Waals surface area contributed by atoms with Gasteiger partial charge in [-0.25, -0.2) is 9.59 Å². The quantitative estimate of drug-likeness (QED) is 0.552. The Morgan fingerprint density at radius 3 is 2.07 bits per heavy atom. The number of benzene rings is 2. The molecule has 2 rings (SSSR count). The zero-order valence-electron chi connectivity index (χ0n) is 16.1. The first-order valence-corrected chi connectivity index (χ1v) is 12.4. The minimum absolute atomic E-state index is 0.158. The van der Waals surface area contributed by atoms with Crippen LogP contribution in [0.3, 0.4) is 0 Å². The fourth-order valence-corrected chi connectivity index (χ4v) is 5.87. The molecule has 0 aliphatic heterocycles. The maximum Gasteiger partial charge on any atom is 0.408 e. The van der Waals surface area contributed by atoms with Gasteiger partial charge in [-0.1, -0.05) is 79.3 Å². The van der Waals surface area contributed by atoms with E-state index in [0.29, 0.717) is 6.04 Å². The molecule has 0 aliphatic rings. The first-order chi connectivity index (χ1) is 12.9. The number of carbonyl (C=O) groups excluding carboxylic acids is 2. The fourth-order valence-electron chi connectivity index (χ4n) is 3.02. The van der Waals surface area contributed by atoms with E-state index >= 15 is 0 Å². The van der Waals surface area contributed by atoms with Gasteiger partial charge in [-0.3, -0.25) is 0 Å². The Hall–Kier alpha value is -2.60. The van der Waals surface area contributed by atoms with Crippen LogP contribution in [0, 0.1) is 0 Å². The highest BCUT2D eigenvalue weighted by Gasteiger charge is 2.32. The Balaban J connectivity index is 1.95. The minimum atomic E-state index is -1.81. The average molecular weight is 386 g/mol. The van der Waals surface area contributed by atoms with Gasteiger partial charge in [0.1, 0.15) is 12.6 Å². The highest BCUT2D eigenvalue weighted by atomic mass is 28.3. The Morgan fingerprint density at radius 1 is 0.963 bits per heavy atom. The van der Waals surface area contributed by atoms with E-state index in [1.165, 1.54) is 12.7 Å². The Bertz CT molecular complexity index is 734. The average Bonchev–Trinajstić information content (AvgIpc) is 2.66. The molecule has 2 aromatic rings. The number of carbonyl (C=O) groups is 2. The monoisotopic (exact) mass is 385 g/mol. The van der Waals surface area contributed by atoms with Crippen LogP contribution in [0.5, 0.6) is 0 Å². The highest BCUT2D eigenvalue weighted by molar-refractivity contribution is 6.77. The Kier molecular flexibility index (Phi) is 7.61. The smallest absolute Gasteiger partial charge is 0.408 e. The molecule has 0 saturated carbocycles. The van der Waals surface area contributed by atoms with Gasteiger partial charge in [0.05, 0.1) is 15.2 Å². The van der Waals surface area contributed by atoms with E-state index in [0.717, 1.165) is 11.6 Å². The van der Waals surface area contributed by atoms with Crippen LogP contribution in [0.1, 0.15) is 11.1 Å². The van der Waals surface area contributed by atoms with Gasteiger partial charge >= 0.3 is 12.1 Å². The van der Waals surface area contributed by atoms with Gasteiger partial charge in [-0.2, -0.15) is 0 Å². The van der Waals surface area contributed by atoms with E-state index in [-0.39, 0.29) is 6.61 Å². The summed E-state index contributed by atoms with van der Waals surface area (Å²) in [5.74, 6) is -0.444. The summed E-state index contributed by atoms with van der Waals surface area (Å²) >= 11 is 0. The second-order valence-electron chi connectivity index (χ2n) is 7.31. The predicted octanol–water partition coefficient (Wildman–Crippen LogP) is 3.94. The zero-order chi connectivity index (χ0) is 19.7. The van der Waals surface area contributed by atoms with Gasteiger partial charge < -0.3 is 14.8 Å². The summed E-state index contributed by atoms with van der Waals surface area (Å²) in [5.41, 5.74) is 2.13. The molecule has 0 radical (unpaired) electrons. The summed E-state index contributed by atoms with van der Waals surface area (Å²) in [6.45, 7) is 4.56. The molecular formula is C21H27NO4Si. The minimum Gasteiger partial charge on any atom is -0.467 e. The molecule has 6 heteroatoms. The summed E-state index contributed by atoms with van der Waals surface area (Å²) in [7, 11) is -0.480. The first-order valence-electron chi connectivity index (χ1n) is 8.98. The van der Waals surface area contributed by atoms with Gasteiger partial charge in [0.25, 0.3) is 0 Å². The first kappa shape index (κ1) is 20.7. The normalized spacial score (nSPS) is 12.1. The van der Waals surface area contributed by atoms with Crippen molar-refractivity contribution in [1.29, 1.82) is 0 Å². The number of hydrogen-bond donors (Lipinski definition) is 1. The third-order valence-electron chi connectivity index (χ3n) is 4.27. The Morgan fingerprint density at radius 2 is 1.52 bits per heavy atom. The topological polar surface area (TPSA) is 64.6 Å². The molecule has 0 bridgehead atoms. The van der Waals surface area contributed by atoms with Crippen molar-refractivity contribution in [3.63, 3.8) is 0 Å². The third kappa shape index (κ3) is 7.27. The van der Waals surface area contributed by atoms with E-state index in [9.17, 15) is 9.59 Å². The van der Waals surface area contributed by atoms with Crippen molar-refractivity contribution < 1.29 is 19.1 Å². The van der Waals surface area contributed by atoms with E-state index in [1.807, 2.05) is 48.5 Å². The molecule has 0 aromatic heterocycles. The second kappa shape index (κ2) is 9.92. The summed E-state index contributed by atoms with van der Waals surface area (Å²) in [6.07, 6.45) is -0.612. The molecule has 1 atom stereocenters. The van der Waals surface area contributed by atoms with Crippen LogP contribution in [0.4, 0.5) is 4.79 Å². The zero-order valence-corrected chi connectivity index (χ0v) is 17.1. The molecule has 0 unspecified atom stereocenters. The number of nitrogens with one attached hydrogen (secondary N) is 1. The summed E-state index contributed by atoms with van der Waals surface area (Å²) < 4.78 is 10.1. The van der Waals surface area contributed by atoms with E-state index < -0.39 is 26.2 Å². The SMILES string of the molecule is COC(=O)[C@H](C[Si](C)(C)Cc1ccccc1)NC(=O)OCc1ccccc1. The summed E-state index contributed by atoms with van der Waals surface area (Å²) in [5, 5.41) is 2.68. The van der Waals surface area contributed by atoms with Crippen LogP contribution in [-0.2, 0) is 26.9 Å². The van der Waals surface area contributed by atoms with Gasteiger partial charge in [-0.15, -0.1) is 0 Å². The highest BCUT2D eigenvalue weighted by Crippen LogP contribution is 2.19. The molecule has 1 amide bonds. The number of rotatable bonds is 8. The summed E-state index contributed by atoms with van der Waals surface area (Å²) in [4.78, 5) is 24.3. The van der Waals surface area contributed by atoms with Crippen LogP contribution >= 0.6 is 0 Å². The summed E-state index contributed by atoms with van der Waals surface area (Å²) in [6, 6.07) is 20.4. The molecule has 27 heavy (non-hydrogen) atoms. The largest absolute Gasteiger partial charge is 0.467 e. The van der Waals surface area contributed by atoms with Gasteiger partial charge in [0.2, 0.25) is 0 Å². The molecule has 5 nitrogen and oxygen atoms in total. The third-order valence-corrected chi connectivity index (χ3v) is 7.15. The molecule has 0 saturated heterocycles.